The predicted octanol–water partition coefficient (Wildman–Crippen LogP) is 0.649. The van der Waals surface area contributed by atoms with Crippen LogP contribution in [-0.4, -0.2) is 39.4 Å². The van der Waals surface area contributed by atoms with E-state index in [9.17, 15) is 19.2 Å². The van der Waals surface area contributed by atoms with Gasteiger partial charge in [0.05, 0.1) is 7.11 Å². The van der Waals surface area contributed by atoms with Crippen LogP contribution in [0.1, 0.15) is 6.92 Å². The van der Waals surface area contributed by atoms with Gasteiger partial charge >= 0.3 is 26.5 Å². The van der Waals surface area contributed by atoms with Gasteiger partial charge in [-0.3, -0.25) is 4.79 Å². The number of esters is 1. The predicted molar refractivity (Wildman–Crippen MR) is 70.6 cm³/mol. The van der Waals surface area contributed by atoms with E-state index in [4.69, 9.17) is 8.85 Å². The van der Waals surface area contributed by atoms with E-state index in [-0.39, 0.29) is 5.78 Å². The van der Waals surface area contributed by atoms with E-state index < -0.39 is 26.5 Å². The molecule has 0 unspecified atom stereocenters. The summed E-state index contributed by atoms with van der Waals surface area (Å²) in [6, 6.07) is 0. The number of allylic oxidation sites excluding steroid dienone is 1. The fourth-order valence-corrected chi connectivity index (χ4v) is 2.11. The fraction of sp³-hybridized carbons (Fsp3) is 0.333. The molecule has 0 saturated heterocycles. The molecule has 110 valence electrons. The number of carbonyl (C=O) groups is 4. The molecule has 8 heteroatoms. The lowest BCUT2D eigenvalue weighted by Gasteiger charge is -2.20. The Hall–Kier alpha value is -2.22. The summed E-state index contributed by atoms with van der Waals surface area (Å²) in [6.07, 6.45) is 3.77. The van der Waals surface area contributed by atoms with Crippen molar-refractivity contribution < 1.29 is 32.8 Å². The van der Waals surface area contributed by atoms with Crippen molar-refractivity contribution in [3.8, 4) is 0 Å². The molecule has 0 amide bonds. The molecule has 0 fully saturated rings. The minimum atomic E-state index is -3.05. The molecule has 0 N–H and O–H groups in total. The van der Waals surface area contributed by atoms with E-state index in [1.807, 2.05) is 0 Å². The molecular formula is C12H16O7Si. The minimum Gasteiger partial charge on any atom is -0.482 e. The number of hydrogen-bond acceptors (Lipinski definition) is 7. The van der Waals surface area contributed by atoms with Crippen LogP contribution < -0.4 is 0 Å². The van der Waals surface area contributed by atoms with Gasteiger partial charge in [-0.1, -0.05) is 0 Å². The van der Waals surface area contributed by atoms with Crippen molar-refractivity contribution in [2.45, 2.75) is 20.0 Å². The molecule has 0 rings (SSSR count). The molecule has 7 nitrogen and oxygen atoms in total. The highest BCUT2D eigenvalue weighted by Gasteiger charge is 2.32. The van der Waals surface area contributed by atoms with Gasteiger partial charge in [0.25, 0.3) is 0 Å². The monoisotopic (exact) mass is 300 g/mol. The van der Waals surface area contributed by atoms with Crippen LogP contribution in [0.2, 0.25) is 13.1 Å². The first-order valence-electron chi connectivity index (χ1n) is 5.57. The van der Waals surface area contributed by atoms with Crippen molar-refractivity contribution in [1.82, 2.24) is 0 Å². The molecule has 0 aromatic carbocycles. The van der Waals surface area contributed by atoms with Crippen molar-refractivity contribution in [2.24, 2.45) is 0 Å². The molecule has 0 bridgehead atoms. The third kappa shape index (κ3) is 8.81. The average molecular weight is 300 g/mol. The maximum atomic E-state index is 11.4. The van der Waals surface area contributed by atoms with Crippen LogP contribution >= 0.6 is 0 Å². The number of methoxy groups -OCH3 is 1. The van der Waals surface area contributed by atoms with Gasteiger partial charge in [0, 0.05) is 31.3 Å². The van der Waals surface area contributed by atoms with Gasteiger partial charge < -0.3 is 13.6 Å². The molecule has 0 aromatic rings. The zero-order valence-corrected chi connectivity index (χ0v) is 12.7. The van der Waals surface area contributed by atoms with Crippen LogP contribution in [0.15, 0.2) is 24.3 Å². The summed E-state index contributed by atoms with van der Waals surface area (Å²) in [6.45, 7) is 4.22. The fourth-order valence-electron chi connectivity index (χ4n) is 0.963. The second-order valence-corrected chi connectivity index (χ2v) is 7.25. The van der Waals surface area contributed by atoms with Crippen LogP contribution in [0.5, 0.6) is 0 Å². The van der Waals surface area contributed by atoms with Gasteiger partial charge in [0.15, 0.2) is 5.78 Å². The maximum Gasteiger partial charge on any atom is 0.458 e. The van der Waals surface area contributed by atoms with Crippen molar-refractivity contribution >= 4 is 32.3 Å². The Kier molecular flexibility index (Phi) is 7.15. The Balaban J connectivity index is 4.48. The molecule has 20 heavy (non-hydrogen) atoms. The van der Waals surface area contributed by atoms with E-state index in [1.165, 1.54) is 27.1 Å². The Morgan fingerprint density at radius 2 is 1.20 bits per heavy atom. The van der Waals surface area contributed by atoms with E-state index >= 15 is 0 Å². The smallest absolute Gasteiger partial charge is 0.458 e. The quantitative estimate of drug-likeness (QED) is 0.403. The van der Waals surface area contributed by atoms with Crippen molar-refractivity contribution in [3.05, 3.63) is 24.3 Å². The lowest BCUT2D eigenvalue weighted by molar-refractivity contribution is -0.137. The number of ketones is 1. The first kappa shape index (κ1) is 17.8. The van der Waals surface area contributed by atoms with Gasteiger partial charge in [0.1, 0.15) is 0 Å². The molecule has 0 saturated carbocycles. The first-order valence-corrected chi connectivity index (χ1v) is 8.38. The highest BCUT2D eigenvalue weighted by Crippen LogP contribution is 2.08. The number of rotatable bonds is 6. The Morgan fingerprint density at radius 3 is 1.60 bits per heavy atom. The molecule has 0 aliphatic heterocycles. The number of carbonyl (C=O) groups excluding carboxylic acids is 4. The minimum absolute atomic E-state index is 0.306. The molecule has 0 heterocycles. The summed E-state index contributed by atoms with van der Waals surface area (Å²) >= 11 is 0. The van der Waals surface area contributed by atoms with Crippen LogP contribution in [0.3, 0.4) is 0 Å². The molecule has 0 atom stereocenters. The van der Waals surface area contributed by atoms with Crippen LogP contribution in [0, 0.1) is 0 Å². The average Bonchev–Trinajstić information content (AvgIpc) is 2.32. The van der Waals surface area contributed by atoms with Crippen LogP contribution in [-0.2, 0) is 32.8 Å². The second-order valence-electron chi connectivity index (χ2n) is 4.04. The SMILES string of the molecule is COC(=O)/C=C/C(=O)O[Si](C)(C)OC(=O)/C=C/C(C)=O. The number of ether oxygens (including phenoxy) is 1. The summed E-state index contributed by atoms with van der Waals surface area (Å²) in [5, 5.41) is 0. The normalized spacial score (nSPS) is 11.4. The van der Waals surface area contributed by atoms with E-state index in [0.717, 1.165) is 24.3 Å². The molecule has 0 aliphatic rings. The summed E-state index contributed by atoms with van der Waals surface area (Å²) in [5.41, 5.74) is 0. The lowest BCUT2D eigenvalue weighted by atomic mass is 10.4. The maximum absolute atomic E-state index is 11.4. The third-order valence-corrected chi connectivity index (χ3v) is 3.09. The van der Waals surface area contributed by atoms with E-state index in [1.54, 1.807) is 0 Å². The molecular weight excluding hydrogens is 284 g/mol. The van der Waals surface area contributed by atoms with E-state index in [2.05, 4.69) is 4.74 Å². The number of hydrogen-bond donors (Lipinski definition) is 0. The molecule has 0 aliphatic carbocycles. The summed E-state index contributed by atoms with van der Waals surface area (Å²) in [5.74, 6) is -2.61. The van der Waals surface area contributed by atoms with Gasteiger partial charge in [0.2, 0.25) is 0 Å². The second kappa shape index (κ2) is 8.05. The van der Waals surface area contributed by atoms with Crippen LogP contribution in [0.25, 0.3) is 0 Å². The first-order chi connectivity index (χ1) is 9.16. The van der Waals surface area contributed by atoms with Gasteiger partial charge in [-0.15, -0.1) is 0 Å². The van der Waals surface area contributed by atoms with Crippen molar-refractivity contribution in [2.75, 3.05) is 7.11 Å². The van der Waals surface area contributed by atoms with Gasteiger partial charge in [-0.25, -0.2) is 14.4 Å². The van der Waals surface area contributed by atoms with Crippen molar-refractivity contribution in [1.29, 1.82) is 0 Å². The summed E-state index contributed by atoms with van der Waals surface area (Å²) in [4.78, 5) is 44.2. The molecule has 0 spiro atoms. The zero-order chi connectivity index (χ0) is 15.8. The zero-order valence-electron chi connectivity index (χ0n) is 11.7. The Labute approximate surface area is 117 Å². The standard InChI is InChI=1S/C12H16O7Si/c1-9(13)5-6-11(15)18-20(3,4)19-12(16)8-7-10(14)17-2/h5-8H,1-4H3/b6-5+,8-7+. The molecule has 0 radical (unpaired) electrons. The third-order valence-electron chi connectivity index (χ3n) is 1.70. The Bertz CT molecular complexity index is 462. The highest BCUT2D eigenvalue weighted by molar-refractivity contribution is 6.68. The van der Waals surface area contributed by atoms with Crippen molar-refractivity contribution in [3.63, 3.8) is 0 Å². The topological polar surface area (TPSA) is 96.0 Å². The van der Waals surface area contributed by atoms with Gasteiger partial charge in [-0.2, -0.15) is 0 Å². The lowest BCUT2D eigenvalue weighted by Crippen LogP contribution is -2.38. The molecule has 0 aromatic heterocycles. The highest BCUT2D eigenvalue weighted by atomic mass is 28.4. The summed E-state index contributed by atoms with van der Waals surface area (Å²) in [7, 11) is -1.88. The summed E-state index contributed by atoms with van der Waals surface area (Å²) < 4.78 is 14.2. The van der Waals surface area contributed by atoms with E-state index in [0.29, 0.717) is 0 Å². The van der Waals surface area contributed by atoms with Crippen LogP contribution in [0.4, 0.5) is 0 Å². The van der Waals surface area contributed by atoms with Gasteiger partial charge in [-0.05, 0) is 13.0 Å². The Morgan fingerprint density at radius 1 is 0.800 bits per heavy atom. The largest absolute Gasteiger partial charge is 0.482 e.